The monoisotopic (exact) mass is 590 g/mol. The molecule has 1 aliphatic rings. The molecule has 0 spiro atoms. The quantitative estimate of drug-likeness (QED) is 0.375. The highest BCUT2D eigenvalue weighted by Crippen LogP contribution is 2.37. The van der Waals surface area contributed by atoms with E-state index in [0.29, 0.717) is 41.0 Å². The zero-order valence-electron chi connectivity index (χ0n) is 24.3. The Labute approximate surface area is 246 Å². The van der Waals surface area contributed by atoms with E-state index in [2.05, 4.69) is 9.84 Å². The van der Waals surface area contributed by atoms with Crippen molar-refractivity contribution in [3.63, 3.8) is 0 Å². The van der Waals surface area contributed by atoms with Crippen molar-refractivity contribution in [1.29, 1.82) is 0 Å². The van der Waals surface area contributed by atoms with E-state index in [-0.39, 0.29) is 24.3 Å². The number of aliphatic hydroxyl groups is 1. The number of aromatic nitrogens is 2. The summed E-state index contributed by atoms with van der Waals surface area (Å²) in [6.07, 6.45) is 1.55. The third kappa shape index (κ3) is 6.97. The minimum atomic E-state index is -0.919. The number of nitrogens with zero attached hydrogens (tertiary/aromatic N) is 3. The van der Waals surface area contributed by atoms with Gasteiger partial charge in [-0.25, -0.2) is 0 Å². The molecule has 1 aromatic heterocycles. The summed E-state index contributed by atoms with van der Waals surface area (Å²) in [5, 5.41) is 16.4. The van der Waals surface area contributed by atoms with Crippen LogP contribution in [0.2, 0.25) is 10.2 Å². The maximum Gasteiger partial charge on any atom is 0.322 e. The third-order valence-corrected chi connectivity index (χ3v) is 7.91. The van der Waals surface area contributed by atoms with Gasteiger partial charge < -0.3 is 20.5 Å². The zero-order chi connectivity index (χ0) is 29.9. The lowest BCUT2D eigenvalue weighted by atomic mass is 9.84. The summed E-state index contributed by atoms with van der Waals surface area (Å²) in [5.74, 6) is 0.110. The Balaban J connectivity index is 0.000000378. The van der Waals surface area contributed by atoms with Crippen LogP contribution in [0.25, 0.3) is 10.9 Å². The number of halogens is 2. The Hall–Kier alpha value is -2.65. The van der Waals surface area contributed by atoms with E-state index in [0.717, 1.165) is 27.6 Å². The van der Waals surface area contributed by atoms with Gasteiger partial charge >= 0.3 is 5.97 Å². The van der Waals surface area contributed by atoms with E-state index < -0.39 is 11.6 Å². The molecular formula is C30H40Cl2N4O4. The molecule has 4 rings (SSSR count). The molecule has 2 unspecified atom stereocenters. The number of hydrogen-bond acceptors (Lipinski definition) is 6. The molecule has 0 bridgehead atoms. The van der Waals surface area contributed by atoms with Crippen LogP contribution in [0.5, 0.6) is 0 Å². The van der Waals surface area contributed by atoms with Gasteiger partial charge in [0.05, 0.1) is 30.7 Å². The summed E-state index contributed by atoms with van der Waals surface area (Å²) in [6.45, 7) is 10.2. The van der Waals surface area contributed by atoms with Gasteiger partial charge in [-0.15, -0.1) is 0 Å². The zero-order valence-corrected chi connectivity index (χ0v) is 25.8. The van der Waals surface area contributed by atoms with E-state index in [1.54, 1.807) is 24.6 Å². The first-order valence-electron chi connectivity index (χ1n) is 13.4. The Kier molecular flexibility index (Phi) is 10.3. The van der Waals surface area contributed by atoms with E-state index in [1.807, 2.05) is 57.0 Å². The first-order valence-corrected chi connectivity index (χ1v) is 14.2. The van der Waals surface area contributed by atoms with Crippen LogP contribution in [-0.4, -0.2) is 51.4 Å². The lowest BCUT2D eigenvalue weighted by Gasteiger charge is -2.38. The van der Waals surface area contributed by atoms with Crippen molar-refractivity contribution in [2.45, 2.75) is 71.6 Å². The molecule has 1 aliphatic heterocycles. The largest absolute Gasteiger partial charge is 0.468 e. The smallest absolute Gasteiger partial charge is 0.322 e. The molecule has 3 aromatic rings. The maximum absolute atomic E-state index is 13.3. The number of benzene rings is 2. The van der Waals surface area contributed by atoms with Gasteiger partial charge in [0.15, 0.2) is 5.15 Å². The predicted octanol–water partition coefficient (Wildman–Crippen LogP) is 5.33. The topological polar surface area (TPSA) is 111 Å². The fourth-order valence-electron chi connectivity index (χ4n) is 5.31. The summed E-state index contributed by atoms with van der Waals surface area (Å²) >= 11 is 12.8. The number of carbonyl (C=O) groups is 2. The molecule has 40 heavy (non-hydrogen) atoms. The van der Waals surface area contributed by atoms with Crippen molar-refractivity contribution >= 4 is 46.0 Å². The molecule has 2 aromatic carbocycles. The van der Waals surface area contributed by atoms with Crippen molar-refractivity contribution in [1.82, 2.24) is 14.7 Å². The number of esters is 1. The molecule has 0 aliphatic carbocycles. The molecule has 0 saturated heterocycles. The fourth-order valence-corrected chi connectivity index (χ4v) is 5.86. The van der Waals surface area contributed by atoms with Crippen LogP contribution in [0.1, 0.15) is 69.3 Å². The minimum absolute atomic E-state index is 0.00358. The van der Waals surface area contributed by atoms with Gasteiger partial charge in [-0.05, 0) is 73.9 Å². The summed E-state index contributed by atoms with van der Waals surface area (Å²) in [6, 6.07) is 9.06. The number of carbonyl (C=O) groups excluding carboxylic acids is 2. The Bertz CT molecular complexity index is 1380. The first-order chi connectivity index (χ1) is 18.7. The molecule has 218 valence electrons. The van der Waals surface area contributed by atoms with Crippen LogP contribution in [0.3, 0.4) is 0 Å². The molecule has 0 radical (unpaired) electrons. The average molecular weight is 592 g/mol. The van der Waals surface area contributed by atoms with Crippen molar-refractivity contribution < 1.29 is 19.4 Å². The van der Waals surface area contributed by atoms with E-state index >= 15 is 0 Å². The molecule has 2 atom stereocenters. The molecule has 2 heterocycles. The highest BCUT2D eigenvalue weighted by Gasteiger charge is 2.32. The fraction of sp³-hybridized carbons (Fsp3) is 0.500. The summed E-state index contributed by atoms with van der Waals surface area (Å²) < 4.78 is 6.14. The second-order valence-corrected chi connectivity index (χ2v) is 12.0. The van der Waals surface area contributed by atoms with Crippen LogP contribution in [0.15, 0.2) is 30.3 Å². The predicted molar refractivity (Wildman–Crippen MR) is 159 cm³/mol. The van der Waals surface area contributed by atoms with Crippen LogP contribution in [0.4, 0.5) is 0 Å². The number of aryl methyl sites for hydroxylation is 1. The average Bonchev–Trinajstić information content (AvgIpc) is 3.17. The number of nitrogens with two attached hydrogens (primary N) is 1. The van der Waals surface area contributed by atoms with Gasteiger partial charge in [0.25, 0.3) is 0 Å². The van der Waals surface area contributed by atoms with Gasteiger partial charge in [-0.1, -0.05) is 55.2 Å². The van der Waals surface area contributed by atoms with E-state index in [9.17, 15) is 14.7 Å². The summed E-state index contributed by atoms with van der Waals surface area (Å²) in [5.41, 5.74) is 9.23. The van der Waals surface area contributed by atoms with Gasteiger partial charge in [-0.3, -0.25) is 14.3 Å². The van der Waals surface area contributed by atoms with Crippen molar-refractivity contribution in [2.75, 3.05) is 13.7 Å². The lowest BCUT2D eigenvalue weighted by molar-refractivity contribution is -0.142. The highest BCUT2D eigenvalue weighted by atomic mass is 35.5. The molecule has 10 heteroatoms. The minimum Gasteiger partial charge on any atom is -0.468 e. The van der Waals surface area contributed by atoms with Gasteiger partial charge in [0.2, 0.25) is 5.91 Å². The molecule has 3 N–H and O–H groups in total. The van der Waals surface area contributed by atoms with Crippen LogP contribution in [0, 0.1) is 5.92 Å². The Morgan fingerprint density at radius 2 is 1.90 bits per heavy atom. The standard InChI is InChI=1S/C23H25Cl2N3O2.C7H15NO2/c1-13-14-6-5-7-17(23(2,3)30)15(14)10-11-28(13)20(29)12-16-18(24)8-9-19-21(16)22(25)26-27(19)4;1-5(2)4-6(8)7(9)10-3/h5-9,13,30H,10-12H2,1-4H3;5-6H,4,8H2,1-3H3. The van der Waals surface area contributed by atoms with E-state index in [4.69, 9.17) is 28.9 Å². The Morgan fingerprint density at radius 3 is 2.50 bits per heavy atom. The third-order valence-electron chi connectivity index (χ3n) is 7.30. The number of hydrogen-bond donors (Lipinski definition) is 2. The highest BCUT2D eigenvalue weighted by molar-refractivity contribution is 6.37. The summed E-state index contributed by atoms with van der Waals surface area (Å²) in [4.78, 5) is 25.9. The maximum atomic E-state index is 13.3. The normalized spacial score (nSPS) is 15.9. The van der Waals surface area contributed by atoms with Crippen molar-refractivity contribution in [2.24, 2.45) is 18.7 Å². The molecule has 8 nitrogen and oxygen atoms in total. The van der Waals surface area contributed by atoms with Gasteiger partial charge in [0, 0.05) is 24.0 Å². The number of fused-ring (bicyclic) bond motifs is 2. The van der Waals surface area contributed by atoms with E-state index in [1.165, 1.54) is 7.11 Å². The SMILES string of the molecule is CC1c2cccc(C(C)(C)O)c2CCN1C(=O)Cc1c(Cl)ccc2c1c(Cl)nn2C.COC(=O)C(N)CC(C)C. The lowest BCUT2D eigenvalue weighted by Crippen LogP contribution is -2.40. The second-order valence-electron chi connectivity index (χ2n) is 11.2. The van der Waals surface area contributed by atoms with Gasteiger partial charge in [-0.2, -0.15) is 5.10 Å². The van der Waals surface area contributed by atoms with Crippen molar-refractivity contribution in [3.05, 3.63) is 62.8 Å². The second kappa shape index (κ2) is 12.9. The van der Waals surface area contributed by atoms with Crippen LogP contribution in [-0.2, 0) is 39.8 Å². The Morgan fingerprint density at radius 1 is 1.23 bits per heavy atom. The number of methoxy groups -OCH3 is 1. The molecule has 0 saturated carbocycles. The number of rotatable bonds is 6. The number of amides is 1. The van der Waals surface area contributed by atoms with Crippen LogP contribution >= 0.6 is 23.2 Å². The summed E-state index contributed by atoms with van der Waals surface area (Å²) in [7, 11) is 3.17. The molecule has 1 amide bonds. The number of ether oxygens (including phenoxy) is 1. The molecular weight excluding hydrogens is 551 g/mol. The van der Waals surface area contributed by atoms with Gasteiger partial charge in [0.1, 0.15) is 6.04 Å². The first kappa shape index (κ1) is 31.9. The molecule has 0 fully saturated rings. The van der Waals surface area contributed by atoms with Crippen LogP contribution < -0.4 is 5.73 Å². The van der Waals surface area contributed by atoms with Crippen molar-refractivity contribution in [3.8, 4) is 0 Å².